The molecule has 0 aromatic heterocycles. The van der Waals surface area contributed by atoms with Crippen LogP contribution in [0.4, 0.5) is 5.69 Å². The van der Waals surface area contributed by atoms with Gasteiger partial charge in [0.05, 0.1) is 0 Å². The van der Waals surface area contributed by atoms with Gasteiger partial charge in [0, 0.05) is 12.2 Å². The van der Waals surface area contributed by atoms with Crippen molar-refractivity contribution in [1.82, 2.24) is 0 Å². The third-order valence-corrected chi connectivity index (χ3v) is 2.20. The van der Waals surface area contributed by atoms with Crippen molar-refractivity contribution in [2.75, 3.05) is 11.1 Å². The lowest BCUT2D eigenvalue weighted by Crippen LogP contribution is -2.17. The zero-order valence-electron chi connectivity index (χ0n) is 6.96. The molecule has 0 fully saturated rings. The fourth-order valence-corrected chi connectivity index (χ4v) is 1.12. The first kappa shape index (κ1) is 8.33. The average Bonchev–Trinajstić information content (AvgIpc) is 2.03. The Morgan fingerprint density at radius 2 is 2.18 bits per heavy atom. The van der Waals surface area contributed by atoms with Crippen LogP contribution < -0.4 is 4.57 Å². The van der Waals surface area contributed by atoms with Gasteiger partial charge in [0.25, 0.3) is 0 Å². The summed E-state index contributed by atoms with van der Waals surface area (Å²) in [5.74, 6) is 0. The van der Waals surface area contributed by atoms with Crippen molar-refractivity contribution < 1.29 is 0 Å². The van der Waals surface area contributed by atoms with Gasteiger partial charge in [0.1, 0.15) is 0 Å². The van der Waals surface area contributed by atoms with Crippen LogP contribution in [0.3, 0.4) is 0 Å². The van der Waals surface area contributed by atoms with Gasteiger partial charge in [-0.2, -0.15) is 0 Å². The molecule has 0 atom stereocenters. The van der Waals surface area contributed by atoms with Crippen LogP contribution in [-0.2, 0) is 0 Å². The molecule has 0 N–H and O–H groups in total. The summed E-state index contributed by atoms with van der Waals surface area (Å²) in [5, 5.41) is 0. The number of hydrogen-bond donors (Lipinski definition) is 0. The number of aryl methyl sites for hydroxylation is 1. The Labute approximate surface area is 71.5 Å². The van der Waals surface area contributed by atoms with E-state index in [2.05, 4.69) is 48.5 Å². The first-order valence-electron chi connectivity index (χ1n) is 3.79. The van der Waals surface area contributed by atoms with Crippen LogP contribution in [-0.4, -0.2) is 16.9 Å². The molecule has 0 saturated heterocycles. The molecular formula is C9H12NSi. The Balaban J connectivity index is 2.86. The minimum absolute atomic E-state index is 0.973. The second-order valence-electron chi connectivity index (χ2n) is 2.58. The maximum Gasteiger partial charge on any atom is 0.189 e. The van der Waals surface area contributed by atoms with Gasteiger partial charge in [-0.25, -0.2) is 0 Å². The molecule has 0 amide bonds. The van der Waals surface area contributed by atoms with Gasteiger partial charge >= 0.3 is 0 Å². The van der Waals surface area contributed by atoms with Gasteiger partial charge < -0.3 is 4.57 Å². The highest BCUT2D eigenvalue weighted by atomic mass is 28.2. The summed E-state index contributed by atoms with van der Waals surface area (Å²) in [6.45, 7) is 5.18. The van der Waals surface area contributed by atoms with Crippen LogP contribution in [0.1, 0.15) is 12.5 Å². The van der Waals surface area contributed by atoms with Gasteiger partial charge in [0.2, 0.25) is 0 Å². The minimum atomic E-state index is 0.973. The van der Waals surface area contributed by atoms with E-state index < -0.39 is 0 Å². The Morgan fingerprint density at radius 3 is 2.73 bits per heavy atom. The Morgan fingerprint density at radius 1 is 1.45 bits per heavy atom. The monoisotopic (exact) mass is 162 g/mol. The molecular weight excluding hydrogens is 150 g/mol. The summed E-state index contributed by atoms with van der Waals surface area (Å²) >= 11 is 0. The highest BCUT2D eigenvalue weighted by molar-refractivity contribution is 6.17. The van der Waals surface area contributed by atoms with Gasteiger partial charge in [-0.1, -0.05) is 12.1 Å². The normalized spacial score (nSPS) is 9.73. The topological polar surface area (TPSA) is 3.24 Å². The molecule has 0 aliphatic rings. The van der Waals surface area contributed by atoms with E-state index in [9.17, 15) is 0 Å². The van der Waals surface area contributed by atoms with Crippen LogP contribution in [0, 0.1) is 6.92 Å². The molecule has 1 aromatic carbocycles. The summed E-state index contributed by atoms with van der Waals surface area (Å²) < 4.78 is 2.03. The zero-order valence-corrected chi connectivity index (χ0v) is 7.96. The second kappa shape index (κ2) is 3.58. The molecule has 0 saturated carbocycles. The van der Waals surface area contributed by atoms with Crippen LogP contribution in [0.5, 0.6) is 0 Å². The summed E-state index contributed by atoms with van der Waals surface area (Å²) in [7, 11) is 3.50. The fourth-order valence-electron chi connectivity index (χ4n) is 0.978. The number of nitrogens with zero attached hydrogens (tertiary/aromatic N) is 1. The van der Waals surface area contributed by atoms with Gasteiger partial charge in [-0.3, -0.25) is 0 Å². The first-order valence-corrected chi connectivity index (χ1v) is 4.24. The summed E-state index contributed by atoms with van der Waals surface area (Å²) in [6.07, 6.45) is 0. The molecule has 2 heteroatoms. The number of benzene rings is 1. The molecule has 1 nitrogen and oxygen atoms in total. The largest absolute Gasteiger partial charge is 0.399 e. The Hall–Kier alpha value is -0.763. The predicted octanol–water partition coefficient (Wildman–Crippen LogP) is 1.90. The predicted molar refractivity (Wildman–Crippen MR) is 50.0 cm³/mol. The van der Waals surface area contributed by atoms with E-state index >= 15 is 0 Å². The van der Waals surface area contributed by atoms with Crippen molar-refractivity contribution in [1.29, 1.82) is 0 Å². The van der Waals surface area contributed by atoms with Crippen molar-refractivity contribution in [2.24, 2.45) is 0 Å². The van der Waals surface area contributed by atoms with Gasteiger partial charge in [0.15, 0.2) is 10.4 Å². The molecule has 0 bridgehead atoms. The second-order valence-corrected chi connectivity index (χ2v) is 3.12. The van der Waals surface area contributed by atoms with Gasteiger partial charge in [-0.15, -0.1) is 0 Å². The third-order valence-electron chi connectivity index (χ3n) is 1.63. The Kier molecular flexibility index (Phi) is 2.71. The highest BCUT2D eigenvalue weighted by Gasteiger charge is 1.95. The molecule has 3 radical (unpaired) electrons. The van der Waals surface area contributed by atoms with E-state index in [4.69, 9.17) is 0 Å². The van der Waals surface area contributed by atoms with E-state index in [0.29, 0.717) is 0 Å². The van der Waals surface area contributed by atoms with Crippen molar-refractivity contribution in [3.05, 3.63) is 29.8 Å². The average molecular weight is 162 g/mol. The molecule has 0 unspecified atom stereocenters. The molecule has 11 heavy (non-hydrogen) atoms. The smallest absolute Gasteiger partial charge is 0.189 e. The lowest BCUT2D eigenvalue weighted by atomic mass is 10.2. The van der Waals surface area contributed by atoms with E-state index in [-0.39, 0.29) is 0 Å². The number of rotatable bonds is 2. The van der Waals surface area contributed by atoms with Crippen molar-refractivity contribution in [3.63, 3.8) is 0 Å². The maximum absolute atomic E-state index is 3.50. The standard InChI is InChI=1S/C9H12NSi/c1-3-10(11)9-6-4-5-8(2)7-9/h4-7H,3H2,1-2H3. The SMILES string of the molecule is CCN([Si])c1cccc(C)c1. The van der Waals surface area contributed by atoms with Crippen LogP contribution in [0.2, 0.25) is 0 Å². The molecule has 1 rings (SSSR count). The van der Waals surface area contributed by atoms with E-state index in [0.717, 1.165) is 6.54 Å². The molecule has 57 valence electrons. The Bertz CT molecular complexity index is 235. The van der Waals surface area contributed by atoms with Crippen LogP contribution in [0.15, 0.2) is 24.3 Å². The maximum atomic E-state index is 3.50. The van der Waals surface area contributed by atoms with E-state index in [1.807, 2.05) is 4.57 Å². The third kappa shape index (κ3) is 2.08. The van der Waals surface area contributed by atoms with E-state index in [1.54, 1.807) is 0 Å². The summed E-state index contributed by atoms with van der Waals surface area (Å²) in [4.78, 5) is 0. The molecule has 0 aliphatic heterocycles. The van der Waals surface area contributed by atoms with E-state index in [1.165, 1.54) is 11.3 Å². The lowest BCUT2D eigenvalue weighted by Gasteiger charge is -2.16. The first-order chi connectivity index (χ1) is 5.24. The van der Waals surface area contributed by atoms with Crippen LogP contribution in [0.25, 0.3) is 0 Å². The molecule has 0 aliphatic carbocycles. The van der Waals surface area contributed by atoms with Crippen LogP contribution >= 0.6 is 0 Å². The molecule has 1 aromatic rings. The minimum Gasteiger partial charge on any atom is -0.399 e. The quantitative estimate of drug-likeness (QED) is 0.600. The van der Waals surface area contributed by atoms with Gasteiger partial charge in [-0.05, 0) is 31.5 Å². The summed E-state index contributed by atoms with van der Waals surface area (Å²) in [6, 6.07) is 8.40. The fraction of sp³-hybridized carbons (Fsp3) is 0.333. The molecule has 0 spiro atoms. The van der Waals surface area contributed by atoms with Crippen molar-refractivity contribution in [3.8, 4) is 0 Å². The zero-order chi connectivity index (χ0) is 8.27. The number of anilines is 1. The highest BCUT2D eigenvalue weighted by Crippen LogP contribution is 2.12. The summed E-state index contributed by atoms with van der Waals surface area (Å²) in [5.41, 5.74) is 2.50. The number of hydrogen-bond acceptors (Lipinski definition) is 1. The lowest BCUT2D eigenvalue weighted by molar-refractivity contribution is 1.10. The van der Waals surface area contributed by atoms with Crippen molar-refractivity contribution >= 4 is 16.1 Å². The van der Waals surface area contributed by atoms with Crippen molar-refractivity contribution in [2.45, 2.75) is 13.8 Å². The molecule has 0 heterocycles.